The van der Waals surface area contributed by atoms with E-state index in [4.69, 9.17) is 14.2 Å². The molecule has 3 rings (SSSR count). The van der Waals surface area contributed by atoms with Crippen molar-refractivity contribution < 1.29 is 23.8 Å². The summed E-state index contributed by atoms with van der Waals surface area (Å²) in [4.78, 5) is 25.6. The van der Waals surface area contributed by atoms with Gasteiger partial charge in [0.15, 0.2) is 11.5 Å². The molecule has 0 radical (unpaired) electrons. The second-order valence-corrected chi connectivity index (χ2v) is 5.08. The lowest BCUT2D eigenvalue weighted by molar-refractivity contribution is -0.138. The first kappa shape index (κ1) is 14.6. The second-order valence-electron chi connectivity index (χ2n) is 5.08. The molecule has 0 aromatic heterocycles. The first-order valence-electron chi connectivity index (χ1n) is 7.27. The predicted octanol–water partition coefficient (Wildman–Crippen LogP) is 0.645. The molecule has 2 heterocycles. The molecule has 2 aliphatic heterocycles. The van der Waals surface area contributed by atoms with Crippen LogP contribution in [0.5, 0.6) is 11.5 Å². The molecule has 7 heteroatoms. The van der Waals surface area contributed by atoms with Gasteiger partial charge in [0.2, 0.25) is 11.8 Å². The summed E-state index contributed by atoms with van der Waals surface area (Å²) in [6.07, 6.45) is -0.172. The fourth-order valence-corrected chi connectivity index (χ4v) is 2.39. The van der Waals surface area contributed by atoms with E-state index in [2.05, 4.69) is 5.32 Å². The van der Waals surface area contributed by atoms with E-state index in [1.165, 1.54) is 0 Å². The minimum atomic E-state index is -0.340. The van der Waals surface area contributed by atoms with E-state index in [0.29, 0.717) is 56.7 Å². The van der Waals surface area contributed by atoms with E-state index in [9.17, 15) is 9.59 Å². The zero-order chi connectivity index (χ0) is 15.4. The fourth-order valence-electron chi connectivity index (χ4n) is 2.39. The Morgan fingerprint density at radius 3 is 2.55 bits per heavy atom. The average molecular weight is 306 g/mol. The maximum atomic E-state index is 12.0. The molecule has 1 N–H and O–H groups in total. The first-order valence-corrected chi connectivity index (χ1v) is 7.27. The molecule has 7 nitrogen and oxygen atoms in total. The highest BCUT2D eigenvalue weighted by Gasteiger charge is 2.20. The van der Waals surface area contributed by atoms with Gasteiger partial charge in [-0.15, -0.1) is 0 Å². The van der Waals surface area contributed by atoms with E-state index < -0.39 is 0 Å². The molecule has 118 valence electrons. The quantitative estimate of drug-likeness (QED) is 0.830. The number of rotatable bonds is 3. The molecule has 0 atom stereocenters. The molecule has 2 amide bonds. The third-order valence-electron chi connectivity index (χ3n) is 3.50. The molecule has 0 saturated carbocycles. The van der Waals surface area contributed by atoms with Crippen LogP contribution >= 0.6 is 0 Å². The Morgan fingerprint density at radius 2 is 1.77 bits per heavy atom. The van der Waals surface area contributed by atoms with Crippen LogP contribution in [0.4, 0.5) is 5.69 Å². The number of nitrogens with zero attached hydrogens (tertiary/aromatic N) is 1. The number of carbonyl (C=O) groups excluding carboxylic acids is 2. The Balaban J connectivity index is 1.56. The molecular formula is C15H18N2O5. The molecule has 2 aliphatic rings. The highest BCUT2D eigenvalue weighted by Crippen LogP contribution is 2.32. The fraction of sp³-hybridized carbons (Fsp3) is 0.467. The van der Waals surface area contributed by atoms with Crippen LogP contribution in [0.25, 0.3) is 0 Å². The predicted molar refractivity (Wildman–Crippen MR) is 78.1 cm³/mol. The third-order valence-corrected chi connectivity index (χ3v) is 3.50. The summed E-state index contributed by atoms with van der Waals surface area (Å²) in [5, 5.41) is 2.71. The highest BCUT2D eigenvalue weighted by molar-refractivity contribution is 6.03. The number of ether oxygens (including phenoxy) is 3. The SMILES string of the molecule is O=C(CC(=O)N1CCOCC1)Nc1ccc2c(c1)OCCO2. The van der Waals surface area contributed by atoms with Crippen LogP contribution in [0, 0.1) is 0 Å². The van der Waals surface area contributed by atoms with Crippen LogP contribution in [0.3, 0.4) is 0 Å². The Kier molecular flexibility index (Phi) is 4.43. The average Bonchev–Trinajstić information content (AvgIpc) is 2.55. The van der Waals surface area contributed by atoms with Crippen LogP contribution in [-0.2, 0) is 14.3 Å². The van der Waals surface area contributed by atoms with Gasteiger partial charge in [-0.25, -0.2) is 0 Å². The monoisotopic (exact) mass is 306 g/mol. The standard InChI is InChI=1S/C15H18N2O5/c18-14(10-15(19)17-3-5-20-6-4-17)16-11-1-2-12-13(9-11)22-8-7-21-12/h1-2,9H,3-8,10H2,(H,16,18). The van der Waals surface area contributed by atoms with Crippen molar-refractivity contribution in [2.75, 3.05) is 44.8 Å². The number of morpholine rings is 1. The van der Waals surface area contributed by atoms with Crippen LogP contribution in [0.15, 0.2) is 18.2 Å². The minimum Gasteiger partial charge on any atom is -0.486 e. The molecule has 0 aliphatic carbocycles. The van der Waals surface area contributed by atoms with Crippen molar-refractivity contribution in [2.45, 2.75) is 6.42 Å². The lowest BCUT2D eigenvalue weighted by Gasteiger charge is -2.26. The first-order chi connectivity index (χ1) is 10.7. The van der Waals surface area contributed by atoms with E-state index in [1.807, 2.05) is 0 Å². The van der Waals surface area contributed by atoms with Gasteiger partial charge >= 0.3 is 0 Å². The summed E-state index contributed by atoms with van der Waals surface area (Å²) < 4.78 is 16.1. The number of nitrogens with one attached hydrogen (secondary N) is 1. The van der Waals surface area contributed by atoms with Crippen molar-refractivity contribution in [3.8, 4) is 11.5 Å². The second kappa shape index (κ2) is 6.65. The van der Waals surface area contributed by atoms with E-state index in [-0.39, 0.29) is 18.2 Å². The summed E-state index contributed by atoms with van der Waals surface area (Å²) in [5.41, 5.74) is 0.587. The molecule has 1 aromatic carbocycles. The number of hydrogen-bond acceptors (Lipinski definition) is 5. The van der Waals surface area contributed by atoms with Gasteiger partial charge in [-0.2, -0.15) is 0 Å². The van der Waals surface area contributed by atoms with Gasteiger partial charge in [0.05, 0.1) is 13.2 Å². The molecule has 1 fully saturated rings. The zero-order valence-electron chi connectivity index (χ0n) is 12.2. The minimum absolute atomic E-state index is 0.172. The Hall–Kier alpha value is -2.28. The van der Waals surface area contributed by atoms with Crippen molar-refractivity contribution in [3.05, 3.63) is 18.2 Å². The summed E-state index contributed by atoms with van der Waals surface area (Å²) in [7, 11) is 0. The third kappa shape index (κ3) is 3.48. The van der Waals surface area contributed by atoms with Crippen molar-refractivity contribution in [1.82, 2.24) is 4.90 Å². The van der Waals surface area contributed by atoms with Crippen LogP contribution < -0.4 is 14.8 Å². The number of carbonyl (C=O) groups is 2. The molecule has 1 aromatic rings. The largest absolute Gasteiger partial charge is 0.486 e. The Bertz CT molecular complexity index is 569. The van der Waals surface area contributed by atoms with E-state index in [1.54, 1.807) is 23.1 Å². The van der Waals surface area contributed by atoms with Crippen molar-refractivity contribution in [2.24, 2.45) is 0 Å². The van der Waals surface area contributed by atoms with Gasteiger partial charge in [0, 0.05) is 24.8 Å². The Morgan fingerprint density at radius 1 is 1.05 bits per heavy atom. The zero-order valence-corrected chi connectivity index (χ0v) is 12.2. The van der Waals surface area contributed by atoms with Crippen LogP contribution in [-0.4, -0.2) is 56.2 Å². The highest BCUT2D eigenvalue weighted by atomic mass is 16.6. The lowest BCUT2D eigenvalue weighted by atomic mass is 10.2. The van der Waals surface area contributed by atoms with Gasteiger partial charge in [-0.3, -0.25) is 9.59 Å². The maximum Gasteiger partial charge on any atom is 0.233 e. The van der Waals surface area contributed by atoms with Crippen molar-refractivity contribution in [1.29, 1.82) is 0 Å². The number of hydrogen-bond donors (Lipinski definition) is 1. The van der Waals surface area contributed by atoms with Crippen LogP contribution in [0.1, 0.15) is 6.42 Å². The maximum absolute atomic E-state index is 12.0. The van der Waals surface area contributed by atoms with Gasteiger partial charge in [0.1, 0.15) is 19.6 Å². The van der Waals surface area contributed by atoms with Gasteiger partial charge in [-0.1, -0.05) is 0 Å². The number of amides is 2. The summed E-state index contributed by atoms with van der Waals surface area (Å²) in [6, 6.07) is 5.17. The number of anilines is 1. The van der Waals surface area contributed by atoms with Gasteiger partial charge in [-0.05, 0) is 12.1 Å². The summed E-state index contributed by atoms with van der Waals surface area (Å²) in [5.74, 6) is 0.740. The molecular weight excluding hydrogens is 288 g/mol. The van der Waals surface area contributed by atoms with Gasteiger partial charge in [0.25, 0.3) is 0 Å². The topological polar surface area (TPSA) is 77.1 Å². The van der Waals surface area contributed by atoms with Crippen molar-refractivity contribution >= 4 is 17.5 Å². The van der Waals surface area contributed by atoms with E-state index in [0.717, 1.165) is 0 Å². The number of fused-ring (bicyclic) bond motifs is 1. The summed E-state index contributed by atoms with van der Waals surface area (Å²) >= 11 is 0. The Labute approximate surface area is 128 Å². The molecule has 0 bridgehead atoms. The summed E-state index contributed by atoms with van der Waals surface area (Å²) in [6.45, 7) is 3.13. The normalized spacial score (nSPS) is 17.0. The lowest BCUT2D eigenvalue weighted by Crippen LogP contribution is -2.41. The number of benzene rings is 1. The van der Waals surface area contributed by atoms with E-state index >= 15 is 0 Å². The van der Waals surface area contributed by atoms with Crippen molar-refractivity contribution in [3.63, 3.8) is 0 Å². The smallest absolute Gasteiger partial charge is 0.233 e. The molecule has 1 saturated heterocycles. The van der Waals surface area contributed by atoms with Crippen LogP contribution in [0.2, 0.25) is 0 Å². The molecule has 22 heavy (non-hydrogen) atoms. The van der Waals surface area contributed by atoms with Gasteiger partial charge < -0.3 is 24.4 Å². The molecule has 0 unspecified atom stereocenters. The molecule has 0 spiro atoms.